The topological polar surface area (TPSA) is 155 Å². The molecule has 218 valence electrons. The standard InChI is InChI=1S/C28H29FN8O4S/c1-17-16-41-12-11-37(17)25-13-23(28(9-10-28)42(39,40)21-6-4-20(29)5-7-21)33-26(35-25)19-3-8-24(30-14-19)34-27(38)32-22-15-31-36-18(22)2/h3-8,13-15,17H,9-12,16H2,1-2H3,(H,31,36)(H2,30,32,34,38)/t17-/m0/s1. The predicted octanol–water partition coefficient (Wildman–Crippen LogP) is 4.04. The number of halogens is 1. The van der Waals surface area contributed by atoms with Crippen LogP contribution in [0.3, 0.4) is 0 Å². The van der Waals surface area contributed by atoms with Gasteiger partial charge in [0, 0.05) is 30.6 Å². The number of H-pyrrole nitrogens is 1. The fraction of sp³-hybridized carbons (Fsp3) is 0.321. The van der Waals surface area contributed by atoms with Crippen molar-refractivity contribution >= 4 is 33.2 Å². The Hall–Kier alpha value is -4.43. The van der Waals surface area contributed by atoms with Gasteiger partial charge in [0.15, 0.2) is 15.7 Å². The van der Waals surface area contributed by atoms with Gasteiger partial charge >= 0.3 is 6.03 Å². The van der Waals surface area contributed by atoms with Crippen molar-refractivity contribution in [3.63, 3.8) is 0 Å². The molecule has 1 aromatic carbocycles. The number of benzene rings is 1. The van der Waals surface area contributed by atoms with Crippen molar-refractivity contribution in [2.45, 2.75) is 42.4 Å². The van der Waals surface area contributed by atoms with Gasteiger partial charge < -0.3 is 15.0 Å². The largest absolute Gasteiger partial charge is 0.377 e. The number of anilines is 3. The number of urea groups is 1. The first-order valence-corrected chi connectivity index (χ1v) is 14.9. The van der Waals surface area contributed by atoms with Crippen molar-refractivity contribution < 1.29 is 22.3 Å². The van der Waals surface area contributed by atoms with Crippen LogP contribution in [0.5, 0.6) is 0 Å². The van der Waals surface area contributed by atoms with E-state index in [4.69, 9.17) is 14.7 Å². The van der Waals surface area contributed by atoms with E-state index in [2.05, 4.69) is 30.7 Å². The number of hydrogen-bond acceptors (Lipinski definition) is 9. The fourth-order valence-corrected chi connectivity index (χ4v) is 6.95. The molecule has 1 aliphatic carbocycles. The molecule has 3 N–H and O–H groups in total. The van der Waals surface area contributed by atoms with Crippen LogP contribution in [-0.2, 0) is 19.3 Å². The summed E-state index contributed by atoms with van der Waals surface area (Å²) in [4.78, 5) is 28.4. The van der Waals surface area contributed by atoms with E-state index in [-0.39, 0.29) is 10.9 Å². The molecule has 0 unspecified atom stereocenters. The molecule has 2 amide bonds. The summed E-state index contributed by atoms with van der Waals surface area (Å²) in [5.74, 6) is 0.682. The van der Waals surface area contributed by atoms with Gasteiger partial charge in [0.1, 0.15) is 22.2 Å². The summed E-state index contributed by atoms with van der Waals surface area (Å²) in [7, 11) is -3.88. The van der Waals surface area contributed by atoms with Crippen LogP contribution in [0, 0.1) is 12.7 Å². The van der Waals surface area contributed by atoms with E-state index in [1.165, 1.54) is 18.3 Å². The molecule has 42 heavy (non-hydrogen) atoms. The molecular weight excluding hydrogens is 563 g/mol. The lowest BCUT2D eigenvalue weighted by atomic mass is 10.2. The Morgan fingerprint density at radius 1 is 1.14 bits per heavy atom. The summed E-state index contributed by atoms with van der Waals surface area (Å²) < 4.78 is 45.6. The zero-order valence-electron chi connectivity index (χ0n) is 23.0. The predicted molar refractivity (Wildman–Crippen MR) is 153 cm³/mol. The van der Waals surface area contributed by atoms with Crippen LogP contribution in [0.25, 0.3) is 11.4 Å². The summed E-state index contributed by atoms with van der Waals surface area (Å²) in [6, 6.07) is 9.47. The number of hydrogen-bond donors (Lipinski definition) is 3. The first kappa shape index (κ1) is 27.7. The Kier molecular flexibility index (Phi) is 7.10. The molecule has 14 heteroatoms. The number of carbonyl (C=O) groups excluding carboxylic acids is 1. The van der Waals surface area contributed by atoms with Crippen LogP contribution in [0.4, 0.5) is 26.5 Å². The Labute approximate surface area is 241 Å². The quantitative estimate of drug-likeness (QED) is 0.270. The molecule has 0 spiro atoms. The number of carbonyl (C=O) groups is 1. The fourth-order valence-electron chi connectivity index (χ4n) is 4.98. The highest BCUT2D eigenvalue weighted by atomic mass is 32.2. The van der Waals surface area contributed by atoms with Gasteiger partial charge in [-0.1, -0.05) is 0 Å². The van der Waals surface area contributed by atoms with Crippen LogP contribution >= 0.6 is 0 Å². The lowest BCUT2D eigenvalue weighted by Gasteiger charge is -2.34. The van der Waals surface area contributed by atoms with E-state index >= 15 is 0 Å². The van der Waals surface area contributed by atoms with Gasteiger partial charge in [-0.05, 0) is 63.1 Å². The van der Waals surface area contributed by atoms with Gasteiger partial charge in [-0.25, -0.2) is 32.6 Å². The second kappa shape index (κ2) is 10.8. The molecule has 4 heterocycles. The first-order valence-electron chi connectivity index (χ1n) is 13.5. The minimum atomic E-state index is -3.88. The summed E-state index contributed by atoms with van der Waals surface area (Å²) in [6.45, 7) is 5.38. The number of rotatable bonds is 7. The third kappa shape index (κ3) is 5.18. The van der Waals surface area contributed by atoms with Crippen LogP contribution in [0.2, 0.25) is 0 Å². The molecule has 1 atom stereocenters. The van der Waals surface area contributed by atoms with Gasteiger partial charge in [0.05, 0.1) is 41.2 Å². The van der Waals surface area contributed by atoms with E-state index in [1.807, 2.05) is 6.92 Å². The summed E-state index contributed by atoms with van der Waals surface area (Å²) in [6.07, 6.45) is 3.87. The average Bonchev–Trinajstić information content (AvgIpc) is 3.72. The number of nitrogens with zero attached hydrogens (tertiary/aromatic N) is 5. The van der Waals surface area contributed by atoms with Crippen LogP contribution in [0.1, 0.15) is 31.2 Å². The minimum absolute atomic E-state index is 0.0142. The Morgan fingerprint density at radius 2 is 1.93 bits per heavy atom. The van der Waals surface area contributed by atoms with Crippen LogP contribution < -0.4 is 15.5 Å². The third-order valence-corrected chi connectivity index (χ3v) is 10.1. The Bertz CT molecular complexity index is 1720. The van der Waals surface area contributed by atoms with Crippen molar-refractivity contribution in [1.29, 1.82) is 0 Å². The highest BCUT2D eigenvalue weighted by Crippen LogP contribution is 2.55. The maximum atomic E-state index is 13.8. The zero-order valence-corrected chi connectivity index (χ0v) is 23.8. The zero-order chi connectivity index (χ0) is 29.5. The monoisotopic (exact) mass is 592 g/mol. The van der Waals surface area contributed by atoms with Crippen molar-refractivity contribution in [3.8, 4) is 11.4 Å². The normalized spacial score (nSPS) is 18.0. The number of ether oxygens (including phenoxy) is 1. The first-order chi connectivity index (χ1) is 20.2. The maximum absolute atomic E-state index is 13.8. The van der Waals surface area contributed by atoms with Gasteiger partial charge in [0.25, 0.3) is 0 Å². The number of amides is 2. The highest BCUT2D eigenvalue weighted by Gasteiger charge is 2.58. The lowest BCUT2D eigenvalue weighted by Crippen LogP contribution is -2.44. The number of aryl methyl sites for hydroxylation is 1. The Morgan fingerprint density at radius 3 is 2.57 bits per heavy atom. The van der Waals surface area contributed by atoms with Gasteiger partial charge in [-0.3, -0.25) is 10.4 Å². The molecule has 0 bridgehead atoms. The lowest BCUT2D eigenvalue weighted by molar-refractivity contribution is 0.0985. The molecule has 2 fully saturated rings. The number of pyridine rings is 1. The van der Waals surface area contributed by atoms with Crippen molar-refractivity contribution in [2.24, 2.45) is 0 Å². The number of morpholine rings is 1. The molecule has 4 aromatic rings. The maximum Gasteiger partial charge on any atom is 0.324 e. The van der Waals surface area contributed by atoms with E-state index in [9.17, 15) is 17.6 Å². The molecule has 6 rings (SSSR count). The number of sulfone groups is 1. The van der Waals surface area contributed by atoms with E-state index in [0.29, 0.717) is 72.7 Å². The van der Waals surface area contributed by atoms with Crippen LogP contribution in [-0.4, -0.2) is 65.4 Å². The summed E-state index contributed by atoms with van der Waals surface area (Å²) >= 11 is 0. The number of aromatic amines is 1. The van der Waals surface area contributed by atoms with E-state index in [0.717, 1.165) is 12.1 Å². The highest BCUT2D eigenvalue weighted by molar-refractivity contribution is 7.92. The minimum Gasteiger partial charge on any atom is -0.377 e. The molecule has 0 radical (unpaired) electrons. The number of nitrogens with one attached hydrogen (secondary N) is 3. The van der Waals surface area contributed by atoms with E-state index < -0.39 is 26.4 Å². The number of aromatic nitrogens is 5. The van der Waals surface area contributed by atoms with Gasteiger partial charge in [0.2, 0.25) is 0 Å². The second-order valence-corrected chi connectivity index (χ2v) is 12.7. The molecule has 1 aliphatic heterocycles. The van der Waals surface area contributed by atoms with Crippen molar-refractivity contribution in [1.82, 2.24) is 25.1 Å². The smallest absolute Gasteiger partial charge is 0.324 e. The molecular formula is C28H29FN8O4S. The average molecular weight is 593 g/mol. The molecule has 1 saturated carbocycles. The molecule has 1 saturated heterocycles. The van der Waals surface area contributed by atoms with Gasteiger partial charge in [-0.2, -0.15) is 5.10 Å². The summed E-state index contributed by atoms with van der Waals surface area (Å²) in [5.41, 5.74) is 2.11. The van der Waals surface area contributed by atoms with Crippen molar-refractivity contribution in [2.75, 3.05) is 35.3 Å². The molecule has 3 aromatic heterocycles. The second-order valence-electron chi connectivity index (χ2n) is 10.4. The third-order valence-electron chi connectivity index (χ3n) is 7.53. The molecule has 12 nitrogen and oxygen atoms in total. The summed E-state index contributed by atoms with van der Waals surface area (Å²) in [5, 5.41) is 12.0. The molecule has 2 aliphatic rings. The van der Waals surface area contributed by atoms with E-state index in [1.54, 1.807) is 31.3 Å². The Balaban J connectivity index is 1.34. The van der Waals surface area contributed by atoms with Gasteiger partial charge in [-0.15, -0.1) is 0 Å². The van der Waals surface area contributed by atoms with Crippen molar-refractivity contribution in [3.05, 3.63) is 72.1 Å². The van der Waals surface area contributed by atoms with Crippen LogP contribution in [0.15, 0.2) is 59.8 Å². The SMILES string of the molecule is Cc1n[nH]cc1NC(=O)Nc1ccc(-c2nc(N3CCOC[C@@H]3C)cc(C3(S(=O)(=O)c4ccc(F)cc4)CC3)n2)cn1.